The molecule has 1 amide bonds. The molecule has 0 aliphatic heterocycles. The summed E-state index contributed by atoms with van der Waals surface area (Å²) in [6.07, 6.45) is -1.81. The van der Waals surface area contributed by atoms with Crippen LogP contribution in [0.1, 0.15) is 38.3 Å². The minimum absolute atomic E-state index is 0.00454. The number of carbonyl (C=O) groups excluding carboxylic acids is 2. The Morgan fingerprint density at radius 3 is 2.56 bits per heavy atom. The summed E-state index contributed by atoms with van der Waals surface area (Å²) in [7, 11) is 1.17. The molecule has 0 aromatic heterocycles. The second kappa shape index (κ2) is 8.09. The van der Waals surface area contributed by atoms with Gasteiger partial charge < -0.3 is 4.74 Å². The fraction of sp³-hybridized carbons (Fsp3) is 0.118. The molecule has 0 aliphatic rings. The van der Waals surface area contributed by atoms with Crippen LogP contribution in [0.4, 0.5) is 13.2 Å². The normalized spacial score (nSPS) is 10.9. The van der Waals surface area contributed by atoms with Gasteiger partial charge in [-0.2, -0.15) is 5.10 Å². The molecular weight excluding hydrogens is 337 g/mol. The number of halogens is 3. The van der Waals surface area contributed by atoms with Gasteiger partial charge in [-0.15, -0.1) is 0 Å². The fourth-order valence-corrected chi connectivity index (χ4v) is 1.99. The second-order valence-electron chi connectivity index (χ2n) is 4.81. The maximum Gasteiger partial charge on any atom is 0.337 e. The number of hydrogen-bond acceptors (Lipinski definition) is 4. The number of amides is 1. The van der Waals surface area contributed by atoms with Crippen molar-refractivity contribution >= 4 is 18.1 Å². The van der Waals surface area contributed by atoms with Gasteiger partial charge in [0.1, 0.15) is 5.82 Å². The number of ether oxygens (including phenoxy) is 1. The summed E-state index contributed by atoms with van der Waals surface area (Å²) in [5, 5.41) is 3.55. The first-order valence-corrected chi connectivity index (χ1v) is 7.02. The molecule has 0 saturated heterocycles. The average molecular weight is 350 g/mol. The van der Waals surface area contributed by atoms with Crippen LogP contribution >= 0.6 is 0 Å². The third-order valence-electron chi connectivity index (χ3n) is 3.23. The van der Waals surface area contributed by atoms with E-state index in [4.69, 9.17) is 0 Å². The van der Waals surface area contributed by atoms with E-state index in [0.29, 0.717) is 0 Å². The first-order chi connectivity index (χ1) is 11.9. The molecular formula is C17H13F3N2O3. The van der Waals surface area contributed by atoms with Gasteiger partial charge in [-0.1, -0.05) is 18.2 Å². The van der Waals surface area contributed by atoms with Gasteiger partial charge in [-0.25, -0.2) is 23.4 Å². The lowest BCUT2D eigenvalue weighted by Crippen LogP contribution is -2.19. The number of carbonyl (C=O) groups is 2. The summed E-state index contributed by atoms with van der Waals surface area (Å²) in [5.74, 6) is -2.30. The van der Waals surface area contributed by atoms with E-state index in [2.05, 4.69) is 15.3 Å². The quantitative estimate of drug-likeness (QED) is 0.511. The molecule has 2 aromatic rings. The standard InChI is InChI=1S/C17H13F3N2O3/c1-25-17(24)10-6-7-11(14(18)8-10)9-21-22-16(23)13-5-3-2-4-12(13)15(19)20/h2-9,15H,1H3,(H,22,23)/b21-9+. The van der Waals surface area contributed by atoms with E-state index in [1.807, 2.05) is 0 Å². The van der Waals surface area contributed by atoms with Gasteiger partial charge in [0.15, 0.2) is 0 Å². The van der Waals surface area contributed by atoms with Crippen molar-refractivity contribution in [2.24, 2.45) is 5.10 Å². The SMILES string of the molecule is COC(=O)c1ccc(/C=N/NC(=O)c2ccccc2C(F)F)c(F)c1. The van der Waals surface area contributed by atoms with Crippen LogP contribution in [0.5, 0.6) is 0 Å². The zero-order valence-corrected chi connectivity index (χ0v) is 13.0. The van der Waals surface area contributed by atoms with E-state index < -0.39 is 29.7 Å². The van der Waals surface area contributed by atoms with E-state index in [1.54, 1.807) is 0 Å². The molecule has 0 spiro atoms. The summed E-state index contributed by atoms with van der Waals surface area (Å²) in [5.41, 5.74) is 1.42. The van der Waals surface area contributed by atoms with E-state index >= 15 is 0 Å². The molecule has 130 valence electrons. The Labute approximate surface area is 141 Å². The smallest absolute Gasteiger partial charge is 0.337 e. The maximum absolute atomic E-state index is 13.9. The first-order valence-electron chi connectivity index (χ1n) is 7.02. The zero-order chi connectivity index (χ0) is 18.4. The highest BCUT2D eigenvalue weighted by Crippen LogP contribution is 2.22. The molecule has 8 heteroatoms. The number of methoxy groups -OCH3 is 1. The summed E-state index contributed by atoms with van der Waals surface area (Å²) >= 11 is 0. The van der Waals surface area contributed by atoms with Gasteiger partial charge in [0.25, 0.3) is 12.3 Å². The summed E-state index contributed by atoms with van der Waals surface area (Å²) in [4.78, 5) is 23.2. The maximum atomic E-state index is 13.9. The Bertz CT molecular complexity index is 823. The van der Waals surface area contributed by atoms with Crippen molar-refractivity contribution in [3.05, 3.63) is 70.5 Å². The zero-order valence-electron chi connectivity index (χ0n) is 13.0. The van der Waals surface area contributed by atoms with E-state index in [1.165, 1.54) is 37.4 Å². The van der Waals surface area contributed by atoms with Crippen molar-refractivity contribution in [2.75, 3.05) is 7.11 Å². The lowest BCUT2D eigenvalue weighted by Gasteiger charge is -2.06. The molecule has 5 nitrogen and oxygen atoms in total. The Morgan fingerprint density at radius 2 is 1.92 bits per heavy atom. The minimum Gasteiger partial charge on any atom is -0.465 e. The Morgan fingerprint density at radius 1 is 1.20 bits per heavy atom. The number of nitrogens with zero attached hydrogens (tertiary/aromatic N) is 1. The van der Waals surface area contributed by atoms with Gasteiger partial charge >= 0.3 is 5.97 Å². The molecule has 0 heterocycles. The molecule has 0 radical (unpaired) electrons. The van der Waals surface area contributed by atoms with E-state index in [0.717, 1.165) is 18.3 Å². The Kier molecular flexibility index (Phi) is 5.89. The van der Waals surface area contributed by atoms with Gasteiger partial charge in [-0.3, -0.25) is 4.79 Å². The van der Waals surface area contributed by atoms with Crippen molar-refractivity contribution in [1.82, 2.24) is 5.43 Å². The van der Waals surface area contributed by atoms with Crippen LogP contribution in [0.25, 0.3) is 0 Å². The van der Waals surface area contributed by atoms with Crippen LogP contribution < -0.4 is 5.43 Å². The number of esters is 1. The lowest BCUT2D eigenvalue weighted by molar-refractivity contribution is 0.0600. The molecule has 0 fully saturated rings. The van der Waals surface area contributed by atoms with Crippen LogP contribution in [-0.4, -0.2) is 25.2 Å². The minimum atomic E-state index is -2.81. The van der Waals surface area contributed by atoms with E-state index in [9.17, 15) is 22.8 Å². The number of hydrazone groups is 1. The molecule has 0 unspecified atom stereocenters. The van der Waals surface area contributed by atoms with Crippen molar-refractivity contribution in [1.29, 1.82) is 0 Å². The van der Waals surface area contributed by atoms with Gasteiger partial charge in [0.2, 0.25) is 0 Å². The highest BCUT2D eigenvalue weighted by Gasteiger charge is 2.17. The predicted molar refractivity (Wildman–Crippen MR) is 84.2 cm³/mol. The van der Waals surface area contributed by atoms with Crippen LogP contribution in [0.2, 0.25) is 0 Å². The van der Waals surface area contributed by atoms with Crippen molar-refractivity contribution in [3.63, 3.8) is 0 Å². The molecule has 0 bridgehead atoms. The Balaban J connectivity index is 2.11. The first kappa shape index (κ1) is 18.2. The third kappa shape index (κ3) is 4.43. The monoisotopic (exact) mass is 350 g/mol. The second-order valence-corrected chi connectivity index (χ2v) is 4.81. The van der Waals surface area contributed by atoms with E-state index in [-0.39, 0.29) is 16.7 Å². The molecule has 2 rings (SSSR count). The average Bonchev–Trinajstić information content (AvgIpc) is 2.62. The molecule has 0 atom stereocenters. The number of nitrogens with one attached hydrogen (secondary N) is 1. The molecule has 1 N–H and O–H groups in total. The predicted octanol–water partition coefficient (Wildman–Crippen LogP) is 3.31. The van der Waals surface area contributed by atoms with Crippen molar-refractivity contribution in [3.8, 4) is 0 Å². The fourth-order valence-electron chi connectivity index (χ4n) is 1.99. The highest BCUT2D eigenvalue weighted by molar-refractivity contribution is 5.96. The number of benzene rings is 2. The van der Waals surface area contributed by atoms with Gasteiger partial charge in [-0.05, 0) is 24.3 Å². The summed E-state index contributed by atoms with van der Waals surface area (Å²) in [6.45, 7) is 0. The number of hydrogen-bond donors (Lipinski definition) is 1. The van der Waals surface area contributed by atoms with Crippen LogP contribution in [-0.2, 0) is 4.74 Å². The largest absolute Gasteiger partial charge is 0.465 e. The van der Waals surface area contributed by atoms with Crippen LogP contribution in [0.15, 0.2) is 47.6 Å². The molecule has 0 saturated carbocycles. The lowest BCUT2D eigenvalue weighted by atomic mass is 10.1. The number of rotatable bonds is 5. The third-order valence-corrected chi connectivity index (χ3v) is 3.23. The Hall–Kier alpha value is -3.16. The van der Waals surface area contributed by atoms with Crippen molar-refractivity contribution in [2.45, 2.75) is 6.43 Å². The number of alkyl halides is 2. The van der Waals surface area contributed by atoms with Crippen LogP contribution in [0.3, 0.4) is 0 Å². The molecule has 25 heavy (non-hydrogen) atoms. The summed E-state index contributed by atoms with van der Waals surface area (Å²) in [6, 6.07) is 8.75. The van der Waals surface area contributed by atoms with Gasteiger partial charge in [0.05, 0.1) is 24.5 Å². The van der Waals surface area contributed by atoms with Gasteiger partial charge in [0, 0.05) is 11.1 Å². The topological polar surface area (TPSA) is 67.8 Å². The van der Waals surface area contributed by atoms with Crippen LogP contribution in [0, 0.1) is 5.82 Å². The molecule has 0 aliphatic carbocycles. The molecule has 2 aromatic carbocycles. The summed E-state index contributed by atoms with van der Waals surface area (Å²) < 4.78 is 44.0. The van der Waals surface area contributed by atoms with Crippen molar-refractivity contribution < 1.29 is 27.5 Å². The highest BCUT2D eigenvalue weighted by atomic mass is 19.3.